The summed E-state index contributed by atoms with van der Waals surface area (Å²) in [5.41, 5.74) is 1.04. The number of hydrogen-bond donors (Lipinski definition) is 0. The quantitative estimate of drug-likeness (QED) is 0.580. The molecule has 0 spiro atoms. The lowest BCUT2D eigenvalue weighted by Gasteiger charge is -2.09. The van der Waals surface area contributed by atoms with Gasteiger partial charge in [0.05, 0.1) is 25.9 Å². The molecule has 0 amide bonds. The molecule has 120 valence electrons. The molecule has 0 bridgehead atoms. The van der Waals surface area contributed by atoms with Crippen molar-refractivity contribution in [3.63, 3.8) is 0 Å². The molecule has 4 rings (SSSR count). The number of para-hydroxylation sites is 1. The molecule has 0 saturated heterocycles. The molecule has 2 aromatic carbocycles. The molecule has 0 N–H and O–H groups in total. The lowest BCUT2D eigenvalue weighted by atomic mass is 10.2. The monoisotopic (exact) mass is 322 g/mol. The molecule has 0 aliphatic heterocycles. The molecule has 0 unspecified atom stereocenters. The standard InChI is InChI=1S/C18H14N2O4/c1-22-12-7-15(23-2)18-14(21)9-17(24-16(18)8-12)20-13-6-4-3-5-11(13)10-19-20/h3-10H,1-2H3. The third-order valence-corrected chi connectivity index (χ3v) is 3.90. The second-order valence-electron chi connectivity index (χ2n) is 5.27. The molecule has 0 saturated carbocycles. The fourth-order valence-corrected chi connectivity index (χ4v) is 2.75. The fourth-order valence-electron chi connectivity index (χ4n) is 2.75. The van der Waals surface area contributed by atoms with E-state index in [0.717, 1.165) is 10.9 Å². The summed E-state index contributed by atoms with van der Waals surface area (Å²) in [5, 5.41) is 5.66. The lowest BCUT2D eigenvalue weighted by molar-refractivity contribution is 0.396. The van der Waals surface area contributed by atoms with Gasteiger partial charge in [0.1, 0.15) is 22.5 Å². The molecule has 6 heteroatoms. The van der Waals surface area contributed by atoms with Crippen molar-refractivity contribution in [2.24, 2.45) is 0 Å². The van der Waals surface area contributed by atoms with Crippen molar-refractivity contribution >= 4 is 21.9 Å². The van der Waals surface area contributed by atoms with Gasteiger partial charge in [-0.1, -0.05) is 18.2 Å². The largest absolute Gasteiger partial charge is 0.496 e. The van der Waals surface area contributed by atoms with E-state index in [1.54, 1.807) is 30.1 Å². The van der Waals surface area contributed by atoms with Crippen molar-refractivity contribution in [2.75, 3.05) is 14.2 Å². The van der Waals surface area contributed by atoms with Crippen LogP contribution in [-0.4, -0.2) is 24.0 Å². The van der Waals surface area contributed by atoms with Gasteiger partial charge >= 0.3 is 0 Å². The molecule has 2 aromatic heterocycles. The van der Waals surface area contributed by atoms with Gasteiger partial charge in [0.2, 0.25) is 5.88 Å². The van der Waals surface area contributed by atoms with E-state index in [4.69, 9.17) is 13.9 Å². The van der Waals surface area contributed by atoms with Crippen LogP contribution in [0.5, 0.6) is 11.5 Å². The van der Waals surface area contributed by atoms with Crippen molar-refractivity contribution in [3.8, 4) is 17.4 Å². The van der Waals surface area contributed by atoms with Crippen molar-refractivity contribution in [3.05, 3.63) is 58.9 Å². The zero-order chi connectivity index (χ0) is 16.7. The van der Waals surface area contributed by atoms with E-state index in [1.165, 1.54) is 13.2 Å². The van der Waals surface area contributed by atoms with E-state index in [-0.39, 0.29) is 5.43 Å². The number of methoxy groups -OCH3 is 2. The Morgan fingerprint density at radius 3 is 2.71 bits per heavy atom. The molecule has 0 aliphatic rings. The van der Waals surface area contributed by atoms with Crippen LogP contribution in [0.15, 0.2) is 57.9 Å². The molecule has 0 fully saturated rings. The van der Waals surface area contributed by atoms with Crippen LogP contribution >= 0.6 is 0 Å². The maximum absolute atomic E-state index is 12.6. The van der Waals surface area contributed by atoms with Crippen LogP contribution in [-0.2, 0) is 0 Å². The molecule has 0 aliphatic carbocycles. The number of rotatable bonds is 3. The average molecular weight is 322 g/mol. The van der Waals surface area contributed by atoms with Gasteiger partial charge in [0, 0.05) is 23.6 Å². The second kappa shape index (κ2) is 5.42. The zero-order valence-electron chi connectivity index (χ0n) is 13.1. The Labute approximate surface area is 136 Å². The highest BCUT2D eigenvalue weighted by Crippen LogP contribution is 2.30. The van der Waals surface area contributed by atoms with Gasteiger partial charge in [0.25, 0.3) is 0 Å². The minimum atomic E-state index is -0.203. The van der Waals surface area contributed by atoms with E-state index < -0.39 is 0 Å². The van der Waals surface area contributed by atoms with Crippen LogP contribution in [0.2, 0.25) is 0 Å². The normalized spacial score (nSPS) is 11.1. The summed E-state index contributed by atoms with van der Waals surface area (Å²) in [4.78, 5) is 12.6. The van der Waals surface area contributed by atoms with Gasteiger partial charge in [-0.25, -0.2) is 0 Å². The van der Waals surface area contributed by atoms with Crippen LogP contribution in [0, 0.1) is 0 Å². The highest BCUT2D eigenvalue weighted by molar-refractivity contribution is 5.86. The van der Waals surface area contributed by atoms with Crippen LogP contribution < -0.4 is 14.9 Å². The maximum Gasteiger partial charge on any atom is 0.224 e. The molecule has 0 radical (unpaired) electrons. The number of ether oxygens (including phenoxy) is 2. The smallest absolute Gasteiger partial charge is 0.224 e. The number of fused-ring (bicyclic) bond motifs is 2. The summed E-state index contributed by atoms with van der Waals surface area (Å²) in [6.45, 7) is 0. The first-order chi connectivity index (χ1) is 11.7. The summed E-state index contributed by atoms with van der Waals surface area (Å²) < 4.78 is 18.1. The summed E-state index contributed by atoms with van der Waals surface area (Å²) >= 11 is 0. The Balaban J connectivity index is 2.03. The predicted octanol–water partition coefficient (Wildman–Crippen LogP) is 3.15. The Morgan fingerprint density at radius 2 is 1.92 bits per heavy atom. The van der Waals surface area contributed by atoms with Crippen molar-refractivity contribution in [1.29, 1.82) is 0 Å². The molecule has 2 heterocycles. The Kier molecular flexibility index (Phi) is 3.23. The van der Waals surface area contributed by atoms with E-state index >= 15 is 0 Å². The molecular formula is C18H14N2O4. The molecular weight excluding hydrogens is 308 g/mol. The summed E-state index contributed by atoms with van der Waals surface area (Å²) in [5.74, 6) is 1.30. The number of benzene rings is 2. The highest BCUT2D eigenvalue weighted by Gasteiger charge is 2.15. The minimum Gasteiger partial charge on any atom is -0.496 e. The van der Waals surface area contributed by atoms with Crippen molar-refractivity contribution < 1.29 is 13.9 Å². The third-order valence-electron chi connectivity index (χ3n) is 3.90. The van der Waals surface area contributed by atoms with E-state index in [0.29, 0.717) is 28.4 Å². The first kappa shape index (κ1) is 14.3. The van der Waals surface area contributed by atoms with Crippen LogP contribution in [0.1, 0.15) is 0 Å². The van der Waals surface area contributed by atoms with Crippen LogP contribution in [0.25, 0.3) is 27.8 Å². The van der Waals surface area contributed by atoms with Crippen LogP contribution in [0.4, 0.5) is 0 Å². The van der Waals surface area contributed by atoms with Gasteiger partial charge in [0.15, 0.2) is 5.43 Å². The molecule has 0 atom stereocenters. The molecule has 6 nitrogen and oxygen atoms in total. The van der Waals surface area contributed by atoms with Gasteiger partial charge in [-0.2, -0.15) is 9.78 Å². The Bertz CT molecular complexity index is 1110. The number of hydrogen-bond acceptors (Lipinski definition) is 5. The molecule has 24 heavy (non-hydrogen) atoms. The summed E-state index contributed by atoms with van der Waals surface area (Å²) in [6.07, 6.45) is 1.73. The van der Waals surface area contributed by atoms with Gasteiger partial charge in [-0.3, -0.25) is 4.79 Å². The minimum absolute atomic E-state index is 0.203. The van der Waals surface area contributed by atoms with Crippen molar-refractivity contribution in [2.45, 2.75) is 0 Å². The average Bonchev–Trinajstić information content (AvgIpc) is 3.04. The summed E-state index contributed by atoms with van der Waals surface area (Å²) in [6, 6.07) is 12.4. The lowest BCUT2D eigenvalue weighted by Crippen LogP contribution is -2.07. The van der Waals surface area contributed by atoms with E-state index in [9.17, 15) is 4.79 Å². The second-order valence-corrected chi connectivity index (χ2v) is 5.27. The topological polar surface area (TPSA) is 66.5 Å². The predicted molar refractivity (Wildman–Crippen MR) is 90.2 cm³/mol. The first-order valence-electron chi connectivity index (χ1n) is 7.34. The van der Waals surface area contributed by atoms with Crippen molar-refractivity contribution in [1.82, 2.24) is 9.78 Å². The van der Waals surface area contributed by atoms with Gasteiger partial charge in [-0.15, -0.1) is 0 Å². The number of aromatic nitrogens is 2. The fraction of sp³-hybridized carbons (Fsp3) is 0.111. The molecule has 4 aromatic rings. The zero-order valence-corrected chi connectivity index (χ0v) is 13.1. The third kappa shape index (κ3) is 2.11. The van der Waals surface area contributed by atoms with E-state index in [2.05, 4.69) is 5.10 Å². The maximum atomic E-state index is 12.6. The first-order valence-corrected chi connectivity index (χ1v) is 7.34. The Hall–Kier alpha value is -3.28. The number of nitrogens with zero attached hydrogens (tertiary/aromatic N) is 2. The van der Waals surface area contributed by atoms with E-state index in [1.807, 2.05) is 24.3 Å². The van der Waals surface area contributed by atoms with Crippen LogP contribution in [0.3, 0.4) is 0 Å². The SMILES string of the molecule is COc1cc(OC)c2c(=O)cc(-n3ncc4ccccc43)oc2c1. The van der Waals surface area contributed by atoms with Gasteiger partial charge in [-0.05, 0) is 6.07 Å². The van der Waals surface area contributed by atoms with Gasteiger partial charge < -0.3 is 13.9 Å². The summed E-state index contributed by atoms with van der Waals surface area (Å²) in [7, 11) is 3.05. The highest BCUT2D eigenvalue weighted by atomic mass is 16.5. The Morgan fingerprint density at radius 1 is 1.08 bits per heavy atom.